The summed E-state index contributed by atoms with van der Waals surface area (Å²) in [6.07, 6.45) is 0. The van der Waals surface area contributed by atoms with Crippen LogP contribution in [0.2, 0.25) is 0 Å². The highest BCUT2D eigenvalue weighted by molar-refractivity contribution is 7.89. The van der Waals surface area contributed by atoms with E-state index in [-0.39, 0.29) is 4.90 Å². The largest absolute Gasteiger partial charge is 0.241 e. The molecule has 0 heterocycles. The van der Waals surface area contributed by atoms with E-state index in [2.05, 4.69) is 18.6 Å². The van der Waals surface area contributed by atoms with E-state index in [1.807, 2.05) is 72.8 Å². The van der Waals surface area contributed by atoms with Crippen LogP contribution in [0.25, 0.3) is 0 Å². The molecule has 0 saturated heterocycles. The fraction of sp³-hybridized carbons (Fsp3) is 0.182. The van der Waals surface area contributed by atoms with Crippen LogP contribution in [0.3, 0.4) is 0 Å². The minimum Gasteiger partial charge on any atom is -0.207 e. The SMILES string of the molecule is CC(C)c1ccc(S(=O)(=O)NC(c2ccccc2)c2ccccc2)cc1. The average molecular weight is 365 g/mol. The van der Waals surface area contributed by atoms with E-state index >= 15 is 0 Å². The summed E-state index contributed by atoms with van der Waals surface area (Å²) in [5.41, 5.74) is 2.92. The van der Waals surface area contributed by atoms with Crippen molar-refractivity contribution in [1.29, 1.82) is 0 Å². The molecule has 3 aromatic carbocycles. The molecule has 0 aliphatic carbocycles. The molecule has 0 aromatic heterocycles. The lowest BCUT2D eigenvalue weighted by molar-refractivity contribution is 0.572. The second-order valence-electron chi connectivity index (χ2n) is 6.60. The molecule has 1 N–H and O–H groups in total. The van der Waals surface area contributed by atoms with Crippen molar-refractivity contribution in [3.63, 3.8) is 0 Å². The topological polar surface area (TPSA) is 46.2 Å². The van der Waals surface area contributed by atoms with E-state index in [9.17, 15) is 8.42 Å². The van der Waals surface area contributed by atoms with Crippen molar-refractivity contribution in [2.75, 3.05) is 0 Å². The van der Waals surface area contributed by atoms with Crippen molar-refractivity contribution in [3.8, 4) is 0 Å². The maximum absolute atomic E-state index is 13.0. The van der Waals surface area contributed by atoms with Gasteiger partial charge in [-0.3, -0.25) is 0 Å². The first-order chi connectivity index (χ1) is 12.5. The lowest BCUT2D eigenvalue weighted by Crippen LogP contribution is -2.29. The van der Waals surface area contributed by atoms with Crippen LogP contribution in [-0.2, 0) is 10.0 Å². The van der Waals surface area contributed by atoms with Gasteiger partial charge in [0.05, 0.1) is 10.9 Å². The van der Waals surface area contributed by atoms with Crippen molar-refractivity contribution in [1.82, 2.24) is 4.72 Å². The summed E-state index contributed by atoms with van der Waals surface area (Å²) in [7, 11) is -3.65. The lowest BCUT2D eigenvalue weighted by Gasteiger charge is -2.20. The number of hydrogen-bond donors (Lipinski definition) is 1. The third-order valence-electron chi connectivity index (χ3n) is 4.40. The summed E-state index contributed by atoms with van der Waals surface area (Å²) in [6.45, 7) is 4.17. The van der Waals surface area contributed by atoms with Gasteiger partial charge >= 0.3 is 0 Å². The van der Waals surface area contributed by atoms with Crippen LogP contribution < -0.4 is 4.72 Å². The molecule has 0 bridgehead atoms. The molecule has 0 aliphatic heterocycles. The van der Waals surface area contributed by atoms with E-state index in [0.717, 1.165) is 16.7 Å². The van der Waals surface area contributed by atoms with Gasteiger partial charge in [0.2, 0.25) is 10.0 Å². The first-order valence-electron chi connectivity index (χ1n) is 8.69. The van der Waals surface area contributed by atoms with Crippen LogP contribution in [0.1, 0.15) is 42.5 Å². The molecule has 0 amide bonds. The Morgan fingerprint density at radius 3 is 1.54 bits per heavy atom. The Morgan fingerprint density at radius 2 is 1.12 bits per heavy atom. The number of rotatable bonds is 6. The fourth-order valence-electron chi connectivity index (χ4n) is 2.87. The summed E-state index contributed by atoms with van der Waals surface area (Å²) in [5.74, 6) is 0.362. The predicted molar refractivity (Wildman–Crippen MR) is 106 cm³/mol. The van der Waals surface area contributed by atoms with Crippen LogP contribution in [0.15, 0.2) is 89.8 Å². The van der Waals surface area contributed by atoms with Crippen molar-refractivity contribution in [3.05, 3.63) is 102 Å². The molecule has 0 spiro atoms. The van der Waals surface area contributed by atoms with Gasteiger partial charge in [-0.25, -0.2) is 8.42 Å². The van der Waals surface area contributed by atoms with Crippen LogP contribution in [0.5, 0.6) is 0 Å². The Bertz CT molecular complexity index is 895. The van der Waals surface area contributed by atoms with E-state index < -0.39 is 16.1 Å². The van der Waals surface area contributed by atoms with Gasteiger partial charge in [0.1, 0.15) is 0 Å². The zero-order valence-corrected chi connectivity index (χ0v) is 15.8. The quantitative estimate of drug-likeness (QED) is 0.677. The van der Waals surface area contributed by atoms with E-state index in [1.54, 1.807) is 12.1 Å². The summed E-state index contributed by atoms with van der Waals surface area (Å²) >= 11 is 0. The zero-order chi connectivity index (χ0) is 18.6. The molecule has 0 atom stereocenters. The molecule has 4 heteroatoms. The van der Waals surface area contributed by atoms with Crippen molar-refractivity contribution < 1.29 is 8.42 Å². The standard InChI is InChI=1S/C22H23NO2S/c1-17(2)18-13-15-21(16-14-18)26(24,25)23-22(19-9-5-3-6-10-19)20-11-7-4-8-12-20/h3-17,22-23H,1-2H3. The Morgan fingerprint density at radius 1 is 0.654 bits per heavy atom. The van der Waals surface area contributed by atoms with Gasteiger partial charge in [-0.15, -0.1) is 0 Å². The molecule has 3 rings (SSSR count). The number of hydrogen-bond acceptors (Lipinski definition) is 2. The average Bonchev–Trinajstić information content (AvgIpc) is 2.67. The van der Waals surface area contributed by atoms with E-state index in [4.69, 9.17) is 0 Å². The highest BCUT2D eigenvalue weighted by atomic mass is 32.2. The minimum atomic E-state index is -3.65. The lowest BCUT2D eigenvalue weighted by atomic mass is 10.00. The van der Waals surface area contributed by atoms with Crippen molar-refractivity contribution >= 4 is 10.0 Å². The molecule has 0 unspecified atom stereocenters. The van der Waals surface area contributed by atoms with Gasteiger partial charge in [-0.1, -0.05) is 86.6 Å². The highest BCUT2D eigenvalue weighted by Crippen LogP contribution is 2.25. The molecule has 26 heavy (non-hydrogen) atoms. The van der Waals surface area contributed by atoms with Crippen molar-refractivity contribution in [2.24, 2.45) is 0 Å². The highest BCUT2D eigenvalue weighted by Gasteiger charge is 2.22. The van der Waals surface area contributed by atoms with Crippen molar-refractivity contribution in [2.45, 2.75) is 30.7 Å². The van der Waals surface area contributed by atoms with Gasteiger partial charge in [-0.05, 0) is 34.7 Å². The summed E-state index contributed by atoms with van der Waals surface area (Å²) in [5, 5.41) is 0. The third kappa shape index (κ3) is 4.21. The molecular formula is C22H23NO2S. The predicted octanol–water partition coefficient (Wildman–Crippen LogP) is 4.88. The van der Waals surface area contributed by atoms with Crippen LogP contribution in [0.4, 0.5) is 0 Å². The summed E-state index contributed by atoms with van der Waals surface area (Å²) in [4.78, 5) is 0.277. The minimum absolute atomic E-state index is 0.277. The molecule has 0 radical (unpaired) electrons. The first kappa shape index (κ1) is 18.4. The summed E-state index contributed by atoms with van der Waals surface area (Å²) < 4.78 is 28.8. The van der Waals surface area contributed by atoms with Crippen LogP contribution in [0, 0.1) is 0 Å². The Labute approximate surface area is 155 Å². The zero-order valence-electron chi connectivity index (χ0n) is 15.0. The molecule has 134 valence electrons. The van der Waals surface area contributed by atoms with Gasteiger partial charge in [0, 0.05) is 0 Å². The van der Waals surface area contributed by atoms with Gasteiger partial charge in [0.25, 0.3) is 0 Å². The molecule has 0 fully saturated rings. The van der Waals surface area contributed by atoms with E-state index in [0.29, 0.717) is 5.92 Å². The maximum Gasteiger partial charge on any atom is 0.241 e. The molecule has 0 aliphatic rings. The normalized spacial score (nSPS) is 11.8. The Kier molecular flexibility index (Phi) is 5.55. The fourth-order valence-corrected chi connectivity index (χ4v) is 4.09. The Hall–Kier alpha value is -2.43. The molecule has 3 aromatic rings. The van der Waals surface area contributed by atoms with Gasteiger partial charge < -0.3 is 0 Å². The molecular weight excluding hydrogens is 342 g/mol. The number of benzene rings is 3. The number of nitrogens with one attached hydrogen (secondary N) is 1. The second kappa shape index (κ2) is 7.85. The second-order valence-corrected chi connectivity index (χ2v) is 8.31. The maximum atomic E-state index is 13.0. The Balaban J connectivity index is 1.95. The van der Waals surface area contributed by atoms with E-state index in [1.165, 1.54) is 0 Å². The van der Waals surface area contributed by atoms with Gasteiger partial charge in [-0.2, -0.15) is 4.72 Å². The molecule has 0 saturated carbocycles. The monoisotopic (exact) mass is 365 g/mol. The molecule has 3 nitrogen and oxygen atoms in total. The van der Waals surface area contributed by atoms with Gasteiger partial charge in [0.15, 0.2) is 0 Å². The van der Waals surface area contributed by atoms with Crippen LogP contribution in [-0.4, -0.2) is 8.42 Å². The first-order valence-corrected chi connectivity index (χ1v) is 10.2. The smallest absolute Gasteiger partial charge is 0.207 e. The summed E-state index contributed by atoms with van der Waals surface area (Å²) in [6, 6.07) is 25.9. The third-order valence-corrected chi connectivity index (χ3v) is 5.83. The number of sulfonamides is 1. The van der Waals surface area contributed by atoms with Crippen LogP contribution >= 0.6 is 0 Å².